The molecule has 2 N–H and O–H groups in total. The summed E-state index contributed by atoms with van der Waals surface area (Å²) in [5.41, 5.74) is 0.870. The zero-order valence-electron chi connectivity index (χ0n) is 11.4. The molecule has 6 heteroatoms. The Kier molecular flexibility index (Phi) is 4.50. The summed E-state index contributed by atoms with van der Waals surface area (Å²) < 4.78 is 0. The van der Waals surface area contributed by atoms with E-state index in [0.717, 1.165) is 5.69 Å². The molecule has 2 aromatic carbocycles. The smallest absolute Gasteiger partial charge is 0.292 e. The van der Waals surface area contributed by atoms with Gasteiger partial charge in [-0.15, -0.1) is 0 Å². The molecule has 108 valence electrons. The Balaban J connectivity index is 2.06. The van der Waals surface area contributed by atoms with Gasteiger partial charge in [0.15, 0.2) is 0 Å². The molecule has 6 nitrogen and oxygen atoms in total. The lowest BCUT2D eigenvalue weighted by atomic mass is 10.2. The summed E-state index contributed by atoms with van der Waals surface area (Å²) in [5.74, 6) is -0.340. The third-order valence-electron chi connectivity index (χ3n) is 2.91. The number of nitrogens with one attached hydrogen (secondary N) is 2. The molecule has 0 unspecified atom stereocenters. The second-order valence-corrected chi connectivity index (χ2v) is 4.50. The van der Waals surface area contributed by atoms with Gasteiger partial charge < -0.3 is 10.6 Å². The monoisotopic (exact) mass is 285 g/mol. The summed E-state index contributed by atoms with van der Waals surface area (Å²) in [6.07, 6.45) is 0. The average Bonchev–Trinajstić information content (AvgIpc) is 2.48. The molecule has 0 saturated heterocycles. The summed E-state index contributed by atoms with van der Waals surface area (Å²) in [4.78, 5) is 22.5. The Morgan fingerprint density at radius 1 is 1.10 bits per heavy atom. The number of hydrogen-bond acceptors (Lipinski definition) is 4. The Bertz CT molecular complexity index is 644. The average molecular weight is 285 g/mol. The van der Waals surface area contributed by atoms with Crippen molar-refractivity contribution in [1.29, 1.82) is 0 Å². The number of para-hydroxylation sites is 3. The molecule has 0 aliphatic heterocycles. The maximum Gasteiger partial charge on any atom is 0.292 e. The normalized spacial score (nSPS) is 11.5. The number of carbonyl (C=O) groups excluding carboxylic acids is 1. The van der Waals surface area contributed by atoms with E-state index < -0.39 is 11.0 Å². The summed E-state index contributed by atoms with van der Waals surface area (Å²) >= 11 is 0. The highest BCUT2D eigenvalue weighted by Gasteiger charge is 2.18. The van der Waals surface area contributed by atoms with Crippen LogP contribution in [-0.2, 0) is 4.79 Å². The fraction of sp³-hybridized carbons (Fsp3) is 0.133. The number of amides is 1. The van der Waals surface area contributed by atoms with Crippen molar-refractivity contribution in [2.24, 2.45) is 0 Å². The predicted molar refractivity (Wildman–Crippen MR) is 81.3 cm³/mol. The molecule has 0 aromatic heterocycles. The Morgan fingerprint density at radius 2 is 1.71 bits per heavy atom. The van der Waals surface area contributed by atoms with E-state index in [9.17, 15) is 14.9 Å². The Labute approximate surface area is 121 Å². The Hall–Kier alpha value is -2.89. The molecule has 0 spiro atoms. The number of carbonyl (C=O) groups is 1. The van der Waals surface area contributed by atoms with E-state index >= 15 is 0 Å². The highest BCUT2D eigenvalue weighted by Crippen LogP contribution is 2.23. The van der Waals surface area contributed by atoms with E-state index in [2.05, 4.69) is 10.6 Å². The van der Waals surface area contributed by atoms with Crippen LogP contribution in [0.1, 0.15) is 6.92 Å². The summed E-state index contributed by atoms with van der Waals surface area (Å²) in [5, 5.41) is 16.5. The van der Waals surface area contributed by atoms with E-state index in [1.54, 1.807) is 19.1 Å². The number of nitro benzene ring substituents is 1. The molecule has 0 bridgehead atoms. The highest BCUT2D eigenvalue weighted by atomic mass is 16.6. The van der Waals surface area contributed by atoms with Crippen LogP contribution in [0.25, 0.3) is 0 Å². The fourth-order valence-electron chi connectivity index (χ4n) is 1.83. The molecule has 0 fully saturated rings. The van der Waals surface area contributed by atoms with Crippen LogP contribution in [0.2, 0.25) is 0 Å². The van der Waals surface area contributed by atoms with E-state index in [1.165, 1.54) is 12.1 Å². The van der Waals surface area contributed by atoms with Gasteiger partial charge in [0.1, 0.15) is 11.7 Å². The maximum absolute atomic E-state index is 12.1. The van der Waals surface area contributed by atoms with Gasteiger partial charge in [0.25, 0.3) is 5.69 Å². The zero-order chi connectivity index (χ0) is 15.2. The number of nitrogens with zero attached hydrogens (tertiary/aromatic N) is 1. The molecule has 0 radical (unpaired) electrons. The molecule has 2 rings (SSSR count). The van der Waals surface area contributed by atoms with Crippen LogP contribution in [0.5, 0.6) is 0 Å². The Morgan fingerprint density at radius 3 is 2.38 bits per heavy atom. The van der Waals surface area contributed by atoms with Gasteiger partial charge in [-0.05, 0) is 25.1 Å². The number of hydrogen-bond donors (Lipinski definition) is 2. The topological polar surface area (TPSA) is 84.3 Å². The van der Waals surface area contributed by atoms with Gasteiger partial charge in [-0.1, -0.05) is 30.3 Å². The predicted octanol–water partition coefficient (Wildman–Crippen LogP) is 3.03. The van der Waals surface area contributed by atoms with Crippen molar-refractivity contribution >= 4 is 23.0 Å². The second kappa shape index (κ2) is 6.51. The maximum atomic E-state index is 12.1. The van der Waals surface area contributed by atoms with Crippen LogP contribution in [0.3, 0.4) is 0 Å². The van der Waals surface area contributed by atoms with Crippen molar-refractivity contribution in [2.45, 2.75) is 13.0 Å². The molecular weight excluding hydrogens is 270 g/mol. The lowest BCUT2D eigenvalue weighted by Gasteiger charge is -2.15. The van der Waals surface area contributed by atoms with Crippen LogP contribution in [0.4, 0.5) is 17.1 Å². The third-order valence-corrected chi connectivity index (χ3v) is 2.91. The van der Waals surface area contributed by atoms with Crippen LogP contribution < -0.4 is 10.6 Å². The molecule has 0 aliphatic carbocycles. The van der Waals surface area contributed by atoms with Gasteiger partial charge in [-0.2, -0.15) is 0 Å². The highest BCUT2D eigenvalue weighted by molar-refractivity contribution is 5.97. The molecule has 0 heterocycles. The first-order valence-electron chi connectivity index (χ1n) is 6.44. The number of rotatable bonds is 5. The minimum atomic E-state index is -0.523. The van der Waals surface area contributed by atoms with Gasteiger partial charge in [-0.25, -0.2) is 0 Å². The van der Waals surface area contributed by atoms with Crippen molar-refractivity contribution in [1.82, 2.24) is 0 Å². The summed E-state index contributed by atoms with van der Waals surface area (Å²) in [6.45, 7) is 1.69. The van der Waals surface area contributed by atoms with E-state index in [1.807, 2.05) is 30.3 Å². The molecule has 1 atom stereocenters. The third kappa shape index (κ3) is 3.79. The molecule has 21 heavy (non-hydrogen) atoms. The SMILES string of the molecule is C[C@H](Nc1ccccc1)C(=O)Nc1ccccc1[N+](=O)[O-]. The molecule has 0 saturated carbocycles. The van der Waals surface area contributed by atoms with Crippen LogP contribution in [0, 0.1) is 10.1 Å². The van der Waals surface area contributed by atoms with Gasteiger partial charge >= 0.3 is 0 Å². The first-order chi connectivity index (χ1) is 10.1. The quantitative estimate of drug-likeness (QED) is 0.653. The molecule has 2 aromatic rings. The standard InChI is InChI=1S/C15H15N3O3/c1-11(16-12-7-3-2-4-8-12)15(19)17-13-9-5-6-10-14(13)18(20)21/h2-11,16H,1H3,(H,17,19)/t11-/m0/s1. The molecular formula is C15H15N3O3. The van der Waals surface area contributed by atoms with Crippen molar-refractivity contribution in [2.75, 3.05) is 10.6 Å². The summed E-state index contributed by atoms with van der Waals surface area (Å²) in [7, 11) is 0. The van der Waals surface area contributed by atoms with Gasteiger partial charge in [0.2, 0.25) is 5.91 Å². The first kappa shape index (κ1) is 14.5. The van der Waals surface area contributed by atoms with Crippen molar-refractivity contribution in [3.63, 3.8) is 0 Å². The minimum Gasteiger partial charge on any atom is -0.374 e. The van der Waals surface area contributed by atoms with E-state index in [-0.39, 0.29) is 17.3 Å². The van der Waals surface area contributed by atoms with Gasteiger partial charge in [0.05, 0.1) is 4.92 Å². The number of benzene rings is 2. The van der Waals surface area contributed by atoms with Gasteiger partial charge in [-0.3, -0.25) is 14.9 Å². The van der Waals surface area contributed by atoms with E-state index in [4.69, 9.17) is 0 Å². The van der Waals surface area contributed by atoms with Crippen molar-refractivity contribution < 1.29 is 9.72 Å². The lowest BCUT2D eigenvalue weighted by molar-refractivity contribution is -0.383. The zero-order valence-corrected chi connectivity index (χ0v) is 11.4. The van der Waals surface area contributed by atoms with E-state index in [0.29, 0.717) is 0 Å². The lowest BCUT2D eigenvalue weighted by Crippen LogP contribution is -2.32. The summed E-state index contributed by atoms with van der Waals surface area (Å²) in [6, 6.07) is 14.8. The van der Waals surface area contributed by atoms with Crippen LogP contribution in [0.15, 0.2) is 54.6 Å². The van der Waals surface area contributed by atoms with Crippen molar-refractivity contribution in [3.8, 4) is 0 Å². The number of anilines is 2. The van der Waals surface area contributed by atoms with Crippen LogP contribution >= 0.6 is 0 Å². The minimum absolute atomic E-state index is 0.127. The van der Waals surface area contributed by atoms with Gasteiger partial charge in [0, 0.05) is 11.8 Å². The second-order valence-electron chi connectivity index (χ2n) is 4.50. The van der Waals surface area contributed by atoms with Crippen molar-refractivity contribution in [3.05, 3.63) is 64.7 Å². The fourth-order valence-corrected chi connectivity index (χ4v) is 1.83. The van der Waals surface area contributed by atoms with Crippen LogP contribution in [-0.4, -0.2) is 16.9 Å². The number of nitro groups is 1. The molecule has 1 amide bonds. The largest absolute Gasteiger partial charge is 0.374 e. The molecule has 0 aliphatic rings. The first-order valence-corrected chi connectivity index (χ1v) is 6.44.